The molecule has 2 heterocycles. The SMILES string of the molecule is CCn1cc([C@H]2CN(Cc3ccc(O)c(OC)c3)CCO2)cn1. The Morgan fingerprint density at radius 3 is 3.04 bits per heavy atom. The van der Waals surface area contributed by atoms with E-state index in [2.05, 4.69) is 23.1 Å². The number of phenolic OH excluding ortho intramolecular Hbond substituents is 1. The normalized spacial score (nSPS) is 19.0. The molecule has 1 aromatic carbocycles. The fourth-order valence-electron chi connectivity index (χ4n) is 2.85. The molecule has 1 N–H and O–H groups in total. The molecule has 0 amide bonds. The van der Waals surface area contributed by atoms with Gasteiger partial charge in [0, 0.05) is 37.9 Å². The van der Waals surface area contributed by atoms with Crippen LogP contribution in [0.1, 0.15) is 24.2 Å². The number of hydrogen-bond donors (Lipinski definition) is 1. The minimum Gasteiger partial charge on any atom is -0.504 e. The summed E-state index contributed by atoms with van der Waals surface area (Å²) in [6, 6.07) is 5.49. The van der Waals surface area contributed by atoms with Gasteiger partial charge < -0.3 is 14.6 Å². The second-order valence-electron chi connectivity index (χ2n) is 5.73. The van der Waals surface area contributed by atoms with Gasteiger partial charge in [0.2, 0.25) is 0 Å². The predicted molar refractivity (Wildman–Crippen MR) is 86.5 cm³/mol. The Hall–Kier alpha value is -2.05. The van der Waals surface area contributed by atoms with Crippen LogP contribution < -0.4 is 4.74 Å². The van der Waals surface area contributed by atoms with Crippen LogP contribution in [0.3, 0.4) is 0 Å². The van der Waals surface area contributed by atoms with Gasteiger partial charge in [0.25, 0.3) is 0 Å². The van der Waals surface area contributed by atoms with Gasteiger partial charge >= 0.3 is 0 Å². The minimum absolute atomic E-state index is 0.0584. The smallest absolute Gasteiger partial charge is 0.160 e. The number of aryl methyl sites for hydroxylation is 1. The molecule has 0 spiro atoms. The van der Waals surface area contributed by atoms with E-state index in [1.807, 2.05) is 23.0 Å². The van der Waals surface area contributed by atoms with Crippen molar-refractivity contribution in [3.8, 4) is 11.5 Å². The highest BCUT2D eigenvalue weighted by Gasteiger charge is 2.23. The van der Waals surface area contributed by atoms with Gasteiger partial charge in [-0.1, -0.05) is 6.07 Å². The Morgan fingerprint density at radius 2 is 2.30 bits per heavy atom. The number of phenols is 1. The number of benzene rings is 1. The highest BCUT2D eigenvalue weighted by atomic mass is 16.5. The zero-order valence-electron chi connectivity index (χ0n) is 13.6. The van der Waals surface area contributed by atoms with E-state index in [1.54, 1.807) is 13.2 Å². The topological polar surface area (TPSA) is 59.8 Å². The van der Waals surface area contributed by atoms with E-state index in [0.717, 1.165) is 37.3 Å². The summed E-state index contributed by atoms with van der Waals surface area (Å²) in [5.74, 6) is 0.680. The maximum Gasteiger partial charge on any atom is 0.160 e. The minimum atomic E-state index is 0.0584. The summed E-state index contributed by atoms with van der Waals surface area (Å²) >= 11 is 0. The lowest BCUT2D eigenvalue weighted by Crippen LogP contribution is -2.37. The molecule has 1 fully saturated rings. The van der Waals surface area contributed by atoms with Gasteiger partial charge in [-0.2, -0.15) is 5.10 Å². The van der Waals surface area contributed by atoms with Crippen LogP contribution in [0.25, 0.3) is 0 Å². The molecular formula is C17H23N3O3. The first-order valence-corrected chi connectivity index (χ1v) is 7.91. The molecule has 1 aliphatic rings. The van der Waals surface area contributed by atoms with E-state index in [0.29, 0.717) is 12.4 Å². The fourth-order valence-corrected chi connectivity index (χ4v) is 2.85. The maximum atomic E-state index is 9.69. The second-order valence-corrected chi connectivity index (χ2v) is 5.73. The Balaban J connectivity index is 1.66. The molecule has 124 valence electrons. The summed E-state index contributed by atoms with van der Waals surface area (Å²) < 4.78 is 13.0. The number of nitrogens with zero attached hydrogens (tertiary/aromatic N) is 3. The molecule has 3 rings (SSSR count). The standard InChI is InChI=1S/C17H23N3O3/c1-3-20-11-14(9-18-20)17-12-19(6-7-23-17)10-13-4-5-15(21)16(8-13)22-2/h4-5,8-9,11,17,21H,3,6-7,10,12H2,1-2H3/t17-/m1/s1. The molecule has 6 nitrogen and oxygen atoms in total. The number of hydrogen-bond acceptors (Lipinski definition) is 5. The third kappa shape index (κ3) is 3.65. The maximum absolute atomic E-state index is 9.69. The number of aromatic hydroxyl groups is 1. The quantitative estimate of drug-likeness (QED) is 0.916. The van der Waals surface area contributed by atoms with Crippen molar-refractivity contribution >= 4 is 0 Å². The Bertz CT molecular complexity index is 656. The first-order valence-electron chi connectivity index (χ1n) is 7.91. The second kappa shape index (κ2) is 7.02. The zero-order chi connectivity index (χ0) is 16.2. The number of aromatic nitrogens is 2. The molecule has 2 aromatic rings. The highest BCUT2D eigenvalue weighted by Crippen LogP contribution is 2.28. The molecule has 23 heavy (non-hydrogen) atoms. The third-order valence-electron chi connectivity index (χ3n) is 4.15. The van der Waals surface area contributed by atoms with Crippen molar-refractivity contribution in [2.75, 3.05) is 26.8 Å². The molecule has 1 atom stereocenters. The van der Waals surface area contributed by atoms with Crippen LogP contribution in [0.15, 0.2) is 30.6 Å². The molecule has 1 aromatic heterocycles. The van der Waals surface area contributed by atoms with E-state index < -0.39 is 0 Å². The summed E-state index contributed by atoms with van der Waals surface area (Å²) in [5.41, 5.74) is 2.24. The third-order valence-corrected chi connectivity index (χ3v) is 4.15. The van der Waals surface area contributed by atoms with Crippen molar-refractivity contribution in [1.82, 2.24) is 14.7 Å². The predicted octanol–water partition coefficient (Wildman–Crippen LogP) is 2.19. The van der Waals surface area contributed by atoms with Crippen LogP contribution in [-0.2, 0) is 17.8 Å². The van der Waals surface area contributed by atoms with E-state index in [1.165, 1.54) is 0 Å². The number of morpholine rings is 1. The summed E-state index contributed by atoms with van der Waals surface area (Å²) in [6.07, 6.45) is 4.00. The molecule has 6 heteroatoms. The molecule has 1 saturated heterocycles. The van der Waals surface area contributed by atoms with Gasteiger partial charge in [-0.15, -0.1) is 0 Å². The fraction of sp³-hybridized carbons (Fsp3) is 0.471. The van der Waals surface area contributed by atoms with Crippen molar-refractivity contribution in [3.63, 3.8) is 0 Å². The lowest BCUT2D eigenvalue weighted by molar-refractivity contribution is -0.0329. The first kappa shape index (κ1) is 15.8. The molecule has 1 aliphatic heterocycles. The lowest BCUT2D eigenvalue weighted by atomic mass is 10.1. The van der Waals surface area contributed by atoms with Crippen molar-refractivity contribution in [2.45, 2.75) is 26.1 Å². The summed E-state index contributed by atoms with van der Waals surface area (Å²) in [7, 11) is 1.56. The molecule has 0 unspecified atom stereocenters. The molecule has 0 bridgehead atoms. The highest BCUT2D eigenvalue weighted by molar-refractivity contribution is 5.41. The Kier molecular flexibility index (Phi) is 4.83. The average Bonchev–Trinajstić information content (AvgIpc) is 3.06. The zero-order valence-corrected chi connectivity index (χ0v) is 13.6. The molecule has 0 aliphatic carbocycles. The number of ether oxygens (including phenoxy) is 2. The summed E-state index contributed by atoms with van der Waals surface area (Å²) in [5, 5.41) is 14.0. The number of rotatable bonds is 5. The van der Waals surface area contributed by atoms with Crippen LogP contribution in [0.2, 0.25) is 0 Å². The van der Waals surface area contributed by atoms with E-state index in [9.17, 15) is 5.11 Å². The van der Waals surface area contributed by atoms with Crippen molar-refractivity contribution in [1.29, 1.82) is 0 Å². The van der Waals surface area contributed by atoms with Crippen LogP contribution in [0.5, 0.6) is 11.5 Å². The van der Waals surface area contributed by atoms with E-state index in [-0.39, 0.29) is 11.9 Å². The van der Waals surface area contributed by atoms with Crippen LogP contribution >= 0.6 is 0 Å². The largest absolute Gasteiger partial charge is 0.504 e. The summed E-state index contributed by atoms with van der Waals surface area (Å²) in [4.78, 5) is 2.35. The Labute approximate surface area is 136 Å². The van der Waals surface area contributed by atoms with Gasteiger partial charge in [-0.05, 0) is 24.6 Å². The van der Waals surface area contributed by atoms with Gasteiger partial charge in [-0.25, -0.2) is 0 Å². The lowest BCUT2D eigenvalue weighted by Gasteiger charge is -2.32. The van der Waals surface area contributed by atoms with Crippen molar-refractivity contribution in [3.05, 3.63) is 41.7 Å². The number of methoxy groups -OCH3 is 1. The monoisotopic (exact) mass is 317 g/mol. The van der Waals surface area contributed by atoms with Gasteiger partial charge in [0.1, 0.15) is 0 Å². The Morgan fingerprint density at radius 1 is 1.43 bits per heavy atom. The van der Waals surface area contributed by atoms with Crippen LogP contribution in [0, 0.1) is 0 Å². The summed E-state index contributed by atoms with van der Waals surface area (Å²) in [6.45, 7) is 6.17. The van der Waals surface area contributed by atoms with Gasteiger partial charge in [0.15, 0.2) is 11.5 Å². The van der Waals surface area contributed by atoms with E-state index >= 15 is 0 Å². The molecular weight excluding hydrogens is 294 g/mol. The van der Waals surface area contributed by atoms with Crippen LogP contribution in [-0.4, -0.2) is 46.6 Å². The van der Waals surface area contributed by atoms with Crippen molar-refractivity contribution in [2.24, 2.45) is 0 Å². The first-order chi connectivity index (χ1) is 11.2. The van der Waals surface area contributed by atoms with Gasteiger partial charge in [-0.3, -0.25) is 9.58 Å². The van der Waals surface area contributed by atoms with Crippen LogP contribution in [0.4, 0.5) is 0 Å². The molecule has 0 saturated carbocycles. The van der Waals surface area contributed by atoms with Gasteiger partial charge in [0.05, 0.1) is 26.0 Å². The molecule has 0 radical (unpaired) electrons. The van der Waals surface area contributed by atoms with E-state index in [4.69, 9.17) is 9.47 Å². The average molecular weight is 317 g/mol. The van der Waals surface area contributed by atoms with Crippen molar-refractivity contribution < 1.29 is 14.6 Å².